The van der Waals surface area contributed by atoms with Gasteiger partial charge in [-0.3, -0.25) is 4.79 Å². The van der Waals surface area contributed by atoms with E-state index in [0.29, 0.717) is 11.7 Å². The average Bonchev–Trinajstić information content (AvgIpc) is 2.27. The third-order valence-corrected chi connectivity index (χ3v) is 2.76. The van der Waals surface area contributed by atoms with Crippen LogP contribution in [0.15, 0.2) is 24.3 Å². The highest BCUT2D eigenvalue weighted by Crippen LogP contribution is 2.23. The highest BCUT2D eigenvalue weighted by atomic mass is 16.1. The van der Waals surface area contributed by atoms with Gasteiger partial charge in [-0.2, -0.15) is 0 Å². The minimum absolute atomic E-state index is 0.320. The average molecular weight is 174 g/mol. The standard InChI is InChI=1S/C12H14O/c1-9-6-7-10-4-2-3-5-11(10)12(13)8-9/h2-5,9H,6-8H2,1H3. The molecule has 13 heavy (non-hydrogen) atoms. The van der Waals surface area contributed by atoms with Gasteiger partial charge in [-0.05, 0) is 24.3 Å². The van der Waals surface area contributed by atoms with Gasteiger partial charge in [-0.25, -0.2) is 0 Å². The highest BCUT2D eigenvalue weighted by molar-refractivity contribution is 5.97. The Morgan fingerprint density at radius 3 is 2.92 bits per heavy atom. The number of Topliss-reactive ketones (excluding diaryl/α,β-unsaturated/α-hetero) is 1. The van der Waals surface area contributed by atoms with Gasteiger partial charge in [0.1, 0.15) is 0 Å². The number of benzene rings is 1. The van der Waals surface area contributed by atoms with E-state index in [2.05, 4.69) is 13.0 Å². The third kappa shape index (κ3) is 1.64. The smallest absolute Gasteiger partial charge is 0.163 e. The summed E-state index contributed by atoms with van der Waals surface area (Å²) in [6.45, 7) is 2.16. The van der Waals surface area contributed by atoms with Crippen molar-refractivity contribution in [1.29, 1.82) is 0 Å². The van der Waals surface area contributed by atoms with Crippen molar-refractivity contribution in [3.8, 4) is 0 Å². The van der Waals surface area contributed by atoms with E-state index in [9.17, 15) is 4.79 Å². The van der Waals surface area contributed by atoms with Crippen LogP contribution in [-0.4, -0.2) is 5.78 Å². The van der Waals surface area contributed by atoms with Crippen molar-refractivity contribution in [3.63, 3.8) is 0 Å². The normalized spacial score (nSPS) is 22.2. The van der Waals surface area contributed by atoms with Crippen molar-refractivity contribution < 1.29 is 4.79 Å². The lowest BCUT2D eigenvalue weighted by molar-refractivity contribution is 0.0967. The number of carbonyl (C=O) groups is 1. The number of fused-ring (bicyclic) bond motifs is 1. The van der Waals surface area contributed by atoms with E-state index in [-0.39, 0.29) is 0 Å². The Morgan fingerprint density at radius 2 is 2.08 bits per heavy atom. The van der Waals surface area contributed by atoms with E-state index in [1.165, 1.54) is 5.56 Å². The Balaban J connectivity index is 2.40. The summed E-state index contributed by atoms with van der Waals surface area (Å²) in [4.78, 5) is 11.7. The van der Waals surface area contributed by atoms with Crippen LogP contribution in [0, 0.1) is 5.92 Å². The van der Waals surface area contributed by atoms with Gasteiger partial charge in [0.15, 0.2) is 5.78 Å². The SMILES string of the molecule is CC1CCc2ccccc2C(=O)C1. The number of rotatable bonds is 0. The van der Waals surface area contributed by atoms with Crippen LogP contribution in [0.3, 0.4) is 0 Å². The van der Waals surface area contributed by atoms with Crippen molar-refractivity contribution in [2.45, 2.75) is 26.2 Å². The molecule has 0 N–H and O–H groups in total. The Labute approximate surface area is 78.8 Å². The zero-order valence-electron chi connectivity index (χ0n) is 7.92. The molecule has 0 saturated heterocycles. The zero-order chi connectivity index (χ0) is 9.26. The molecule has 0 bridgehead atoms. The lowest BCUT2D eigenvalue weighted by Crippen LogP contribution is -2.02. The van der Waals surface area contributed by atoms with Crippen molar-refractivity contribution >= 4 is 5.78 Å². The van der Waals surface area contributed by atoms with Crippen LogP contribution in [-0.2, 0) is 6.42 Å². The number of ketones is 1. The topological polar surface area (TPSA) is 17.1 Å². The van der Waals surface area contributed by atoms with Gasteiger partial charge in [-0.1, -0.05) is 31.2 Å². The predicted molar refractivity (Wildman–Crippen MR) is 52.9 cm³/mol. The van der Waals surface area contributed by atoms with Gasteiger partial charge < -0.3 is 0 Å². The van der Waals surface area contributed by atoms with E-state index >= 15 is 0 Å². The number of aryl methyl sites for hydroxylation is 1. The van der Waals surface area contributed by atoms with Crippen molar-refractivity contribution in [2.75, 3.05) is 0 Å². The predicted octanol–water partition coefficient (Wildman–Crippen LogP) is 2.84. The summed E-state index contributed by atoms with van der Waals surface area (Å²) in [6.07, 6.45) is 2.92. The molecule has 1 atom stereocenters. The molecule has 1 unspecified atom stereocenters. The molecule has 0 spiro atoms. The summed E-state index contributed by atoms with van der Waals surface area (Å²) in [5.74, 6) is 0.862. The molecule has 0 radical (unpaired) electrons. The van der Waals surface area contributed by atoms with Crippen LogP contribution in [0.5, 0.6) is 0 Å². The lowest BCUT2D eigenvalue weighted by Gasteiger charge is -2.02. The monoisotopic (exact) mass is 174 g/mol. The molecule has 1 aromatic rings. The highest BCUT2D eigenvalue weighted by Gasteiger charge is 2.18. The van der Waals surface area contributed by atoms with Gasteiger partial charge in [0.05, 0.1) is 0 Å². The maximum atomic E-state index is 11.7. The molecule has 0 amide bonds. The minimum atomic E-state index is 0.320. The van der Waals surface area contributed by atoms with Crippen molar-refractivity contribution in [2.24, 2.45) is 5.92 Å². The Hall–Kier alpha value is -1.11. The molecular formula is C12H14O. The zero-order valence-corrected chi connectivity index (χ0v) is 7.92. The van der Waals surface area contributed by atoms with Crippen LogP contribution >= 0.6 is 0 Å². The number of carbonyl (C=O) groups excluding carboxylic acids is 1. The maximum Gasteiger partial charge on any atom is 0.163 e. The molecule has 0 aliphatic heterocycles. The first-order valence-corrected chi connectivity index (χ1v) is 4.88. The van der Waals surface area contributed by atoms with E-state index < -0.39 is 0 Å². The quantitative estimate of drug-likeness (QED) is 0.553. The maximum absolute atomic E-state index is 11.7. The first-order valence-electron chi connectivity index (χ1n) is 4.88. The van der Waals surface area contributed by atoms with Crippen LogP contribution in [0.1, 0.15) is 35.7 Å². The molecule has 0 heterocycles. The third-order valence-electron chi connectivity index (χ3n) is 2.76. The summed E-state index contributed by atoms with van der Waals surface area (Å²) in [6, 6.07) is 8.00. The van der Waals surface area contributed by atoms with Gasteiger partial charge in [0.2, 0.25) is 0 Å². The van der Waals surface area contributed by atoms with E-state index in [1.54, 1.807) is 0 Å². The fraction of sp³-hybridized carbons (Fsp3) is 0.417. The molecule has 0 saturated carbocycles. The molecular weight excluding hydrogens is 160 g/mol. The van der Waals surface area contributed by atoms with Crippen LogP contribution in [0.2, 0.25) is 0 Å². The second kappa shape index (κ2) is 3.33. The fourth-order valence-corrected chi connectivity index (χ4v) is 1.94. The second-order valence-electron chi connectivity index (χ2n) is 3.93. The molecule has 2 rings (SSSR count). The molecule has 1 aliphatic carbocycles. The first kappa shape index (κ1) is 8.49. The van der Waals surface area contributed by atoms with Crippen LogP contribution in [0.25, 0.3) is 0 Å². The fourth-order valence-electron chi connectivity index (χ4n) is 1.94. The van der Waals surface area contributed by atoms with Gasteiger partial charge >= 0.3 is 0 Å². The molecule has 1 aliphatic rings. The summed E-state index contributed by atoms with van der Waals surface area (Å²) in [7, 11) is 0. The lowest BCUT2D eigenvalue weighted by atomic mass is 10.0. The first-order chi connectivity index (χ1) is 6.27. The van der Waals surface area contributed by atoms with Crippen LogP contribution in [0.4, 0.5) is 0 Å². The molecule has 0 aromatic heterocycles. The van der Waals surface area contributed by atoms with Gasteiger partial charge in [0, 0.05) is 12.0 Å². The summed E-state index contributed by atoms with van der Waals surface area (Å²) >= 11 is 0. The molecule has 0 fully saturated rings. The van der Waals surface area contributed by atoms with E-state index in [4.69, 9.17) is 0 Å². The van der Waals surface area contributed by atoms with Crippen LogP contribution < -0.4 is 0 Å². The molecule has 1 aromatic carbocycles. The van der Waals surface area contributed by atoms with Gasteiger partial charge in [0.25, 0.3) is 0 Å². The Kier molecular flexibility index (Phi) is 2.17. The molecule has 1 heteroatoms. The van der Waals surface area contributed by atoms with E-state index in [1.807, 2.05) is 18.2 Å². The summed E-state index contributed by atoms with van der Waals surface area (Å²) < 4.78 is 0. The number of hydrogen-bond acceptors (Lipinski definition) is 1. The van der Waals surface area contributed by atoms with Crippen molar-refractivity contribution in [3.05, 3.63) is 35.4 Å². The Morgan fingerprint density at radius 1 is 1.31 bits per heavy atom. The molecule has 1 nitrogen and oxygen atoms in total. The second-order valence-corrected chi connectivity index (χ2v) is 3.93. The minimum Gasteiger partial charge on any atom is -0.294 e. The van der Waals surface area contributed by atoms with E-state index in [0.717, 1.165) is 24.8 Å². The largest absolute Gasteiger partial charge is 0.294 e. The van der Waals surface area contributed by atoms with Crippen molar-refractivity contribution in [1.82, 2.24) is 0 Å². The Bertz CT molecular complexity index is 328. The molecule has 68 valence electrons. The number of hydrogen-bond donors (Lipinski definition) is 0. The summed E-state index contributed by atoms with van der Waals surface area (Å²) in [5, 5.41) is 0. The summed E-state index contributed by atoms with van der Waals surface area (Å²) in [5.41, 5.74) is 2.18. The van der Waals surface area contributed by atoms with Gasteiger partial charge in [-0.15, -0.1) is 0 Å².